The van der Waals surface area contributed by atoms with Gasteiger partial charge in [-0.05, 0) is 60.4 Å². The van der Waals surface area contributed by atoms with Gasteiger partial charge < -0.3 is 14.8 Å². The molecule has 0 radical (unpaired) electrons. The van der Waals surface area contributed by atoms with Crippen LogP contribution < -0.4 is 14.8 Å². The monoisotopic (exact) mass is 337 g/mol. The van der Waals surface area contributed by atoms with E-state index in [9.17, 15) is 9.59 Å². The van der Waals surface area contributed by atoms with Gasteiger partial charge in [0.1, 0.15) is 11.5 Å². The summed E-state index contributed by atoms with van der Waals surface area (Å²) in [5, 5.41) is 2.80. The van der Waals surface area contributed by atoms with E-state index < -0.39 is 0 Å². The van der Waals surface area contributed by atoms with Gasteiger partial charge in [-0.3, -0.25) is 9.59 Å². The molecule has 0 aliphatic carbocycles. The number of rotatable bonds is 3. The van der Waals surface area contributed by atoms with Crippen LogP contribution in [0.15, 0.2) is 30.3 Å². The second-order valence-electron chi connectivity index (χ2n) is 5.99. The molecule has 1 aliphatic heterocycles. The van der Waals surface area contributed by atoms with E-state index in [1.165, 1.54) is 6.92 Å². The average molecular weight is 337 g/mol. The van der Waals surface area contributed by atoms with Crippen molar-refractivity contribution in [1.29, 1.82) is 0 Å². The zero-order valence-corrected chi connectivity index (χ0v) is 14.4. The van der Waals surface area contributed by atoms with E-state index in [-0.39, 0.29) is 18.5 Å². The van der Waals surface area contributed by atoms with Gasteiger partial charge >= 0.3 is 5.97 Å². The van der Waals surface area contributed by atoms with Crippen molar-refractivity contribution in [2.75, 3.05) is 11.9 Å². The molecular formula is C20H19NO4. The Bertz CT molecular complexity index is 860. The van der Waals surface area contributed by atoms with Gasteiger partial charge in [-0.1, -0.05) is 18.2 Å². The van der Waals surface area contributed by atoms with Crippen LogP contribution in [0.4, 0.5) is 5.69 Å². The lowest BCUT2D eigenvalue weighted by Gasteiger charge is -2.18. The summed E-state index contributed by atoms with van der Waals surface area (Å²) in [5.74, 6) is 0.741. The van der Waals surface area contributed by atoms with E-state index in [4.69, 9.17) is 9.47 Å². The van der Waals surface area contributed by atoms with E-state index in [1.54, 1.807) is 0 Å². The molecule has 0 spiro atoms. The molecule has 1 aliphatic rings. The van der Waals surface area contributed by atoms with Crippen LogP contribution in [0, 0.1) is 13.8 Å². The van der Waals surface area contributed by atoms with Gasteiger partial charge in [0.05, 0.1) is 5.69 Å². The largest absolute Gasteiger partial charge is 0.482 e. The van der Waals surface area contributed by atoms with Crippen LogP contribution in [0.25, 0.3) is 12.2 Å². The average Bonchev–Trinajstić information content (AvgIpc) is 2.53. The summed E-state index contributed by atoms with van der Waals surface area (Å²) in [6, 6.07) is 9.34. The molecule has 1 N–H and O–H groups in total. The van der Waals surface area contributed by atoms with Crippen molar-refractivity contribution < 1.29 is 19.1 Å². The zero-order chi connectivity index (χ0) is 18.0. The summed E-state index contributed by atoms with van der Waals surface area (Å²) >= 11 is 0. The molecule has 3 rings (SSSR count). The minimum atomic E-state index is -0.333. The number of carbonyl (C=O) groups excluding carboxylic acids is 2. The standard InChI is InChI=1S/C20H19NO4/c1-12-8-16(25-14(3)22)9-13(2)17(12)6-4-15-5-7-19-18(10-15)21-20(23)11-24-19/h4-10H,11H2,1-3H3,(H,21,23). The van der Waals surface area contributed by atoms with E-state index in [1.807, 2.05) is 56.3 Å². The lowest BCUT2D eigenvalue weighted by Crippen LogP contribution is -2.25. The first-order valence-electron chi connectivity index (χ1n) is 7.97. The highest BCUT2D eigenvalue weighted by atomic mass is 16.5. The van der Waals surface area contributed by atoms with Gasteiger partial charge in [-0.15, -0.1) is 0 Å². The number of amides is 1. The van der Waals surface area contributed by atoms with E-state index >= 15 is 0 Å². The molecule has 0 atom stereocenters. The lowest BCUT2D eigenvalue weighted by atomic mass is 10.0. The van der Waals surface area contributed by atoms with Crippen LogP contribution in [0.5, 0.6) is 11.5 Å². The summed E-state index contributed by atoms with van der Waals surface area (Å²) in [7, 11) is 0. The number of anilines is 1. The first-order valence-corrected chi connectivity index (χ1v) is 7.97. The molecule has 5 heteroatoms. The molecule has 1 amide bonds. The van der Waals surface area contributed by atoms with Crippen molar-refractivity contribution in [2.24, 2.45) is 0 Å². The lowest BCUT2D eigenvalue weighted by molar-refractivity contribution is -0.131. The Hall–Kier alpha value is -3.08. The zero-order valence-electron chi connectivity index (χ0n) is 14.4. The molecule has 0 saturated carbocycles. The molecule has 1 heterocycles. The minimum Gasteiger partial charge on any atom is -0.482 e. The third kappa shape index (κ3) is 3.88. The highest BCUT2D eigenvalue weighted by Crippen LogP contribution is 2.30. The Morgan fingerprint density at radius 1 is 1.16 bits per heavy atom. The van der Waals surface area contributed by atoms with Gasteiger partial charge in [-0.25, -0.2) is 0 Å². The maximum Gasteiger partial charge on any atom is 0.308 e. The number of nitrogens with one attached hydrogen (secondary N) is 1. The molecule has 128 valence electrons. The predicted molar refractivity (Wildman–Crippen MR) is 96.7 cm³/mol. The maximum atomic E-state index is 11.4. The normalized spacial score (nSPS) is 13.2. The fourth-order valence-electron chi connectivity index (χ4n) is 2.81. The molecule has 2 aromatic rings. The van der Waals surface area contributed by atoms with Crippen LogP contribution in [0.3, 0.4) is 0 Å². The topological polar surface area (TPSA) is 64.6 Å². The van der Waals surface area contributed by atoms with Gasteiger partial charge in [-0.2, -0.15) is 0 Å². The maximum absolute atomic E-state index is 11.4. The number of ether oxygens (including phenoxy) is 2. The van der Waals surface area contributed by atoms with Crippen molar-refractivity contribution in [2.45, 2.75) is 20.8 Å². The number of aryl methyl sites for hydroxylation is 2. The summed E-state index contributed by atoms with van der Waals surface area (Å²) in [6.45, 7) is 5.38. The number of hydrogen-bond donors (Lipinski definition) is 1. The molecule has 5 nitrogen and oxygen atoms in total. The summed E-state index contributed by atoms with van der Waals surface area (Å²) in [6.07, 6.45) is 3.98. The number of carbonyl (C=O) groups is 2. The van der Waals surface area contributed by atoms with Crippen molar-refractivity contribution in [1.82, 2.24) is 0 Å². The quantitative estimate of drug-likeness (QED) is 0.526. The first-order chi connectivity index (χ1) is 11.9. The summed E-state index contributed by atoms with van der Waals surface area (Å²) < 4.78 is 10.5. The first kappa shape index (κ1) is 16.8. The van der Waals surface area contributed by atoms with Gasteiger partial charge in [0.15, 0.2) is 6.61 Å². The molecule has 0 bridgehead atoms. The number of benzene rings is 2. The van der Waals surface area contributed by atoms with Gasteiger partial charge in [0.25, 0.3) is 5.91 Å². The Kier molecular flexibility index (Phi) is 4.57. The smallest absolute Gasteiger partial charge is 0.308 e. The van der Waals surface area contributed by atoms with E-state index in [2.05, 4.69) is 5.32 Å². The van der Waals surface area contributed by atoms with Gasteiger partial charge in [0, 0.05) is 6.92 Å². The van der Waals surface area contributed by atoms with Crippen LogP contribution >= 0.6 is 0 Å². The van der Waals surface area contributed by atoms with Crippen molar-refractivity contribution in [3.05, 3.63) is 52.6 Å². The summed E-state index contributed by atoms with van der Waals surface area (Å²) in [4.78, 5) is 22.5. The molecule has 2 aromatic carbocycles. The van der Waals surface area contributed by atoms with E-state index in [0.717, 1.165) is 22.3 Å². The van der Waals surface area contributed by atoms with Crippen molar-refractivity contribution in [3.63, 3.8) is 0 Å². The second-order valence-corrected chi connectivity index (χ2v) is 5.99. The Morgan fingerprint density at radius 2 is 1.88 bits per heavy atom. The Balaban J connectivity index is 1.86. The Labute approximate surface area is 146 Å². The minimum absolute atomic E-state index is 0.0509. The van der Waals surface area contributed by atoms with E-state index in [0.29, 0.717) is 17.2 Å². The van der Waals surface area contributed by atoms with Crippen LogP contribution in [0.2, 0.25) is 0 Å². The highest BCUT2D eigenvalue weighted by Gasteiger charge is 2.15. The third-order valence-electron chi connectivity index (χ3n) is 3.91. The predicted octanol–water partition coefficient (Wildman–Crippen LogP) is 3.73. The van der Waals surface area contributed by atoms with Crippen molar-refractivity contribution in [3.8, 4) is 11.5 Å². The number of esters is 1. The highest BCUT2D eigenvalue weighted by molar-refractivity contribution is 5.96. The fraction of sp³-hybridized carbons (Fsp3) is 0.200. The number of hydrogen-bond acceptors (Lipinski definition) is 4. The molecule has 25 heavy (non-hydrogen) atoms. The number of fused-ring (bicyclic) bond motifs is 1. The van der Waals surface area contributed by atoms with Gasteiger partial charge in [0.2, 0.25) is 0 Å². The summed E-state index contributed by atoms with van der Waals surface area (Å²) in [5.41, 5.74) is 4.72. The molecule has 0 fully saturated rings. The van der Waals surface area contributed by atoms with Crippen LogP contribution in [-0.2, 0) is 9.59 Å². The molecule has 0 unspecified atom stereocenters. The molecule has 0 saturated heterocycles. The van der Waals surface area contributed by atoms with Crippen LogP contribution in [-0.4, -0.2) is 18.5 Å². The fourth-order valence-corrected chi connectivity index (χ4v) is 2.81. The molecular weight excluding hydrogens is 318 g/mol. The molecule has 0 aromatic heterocycles. The SMILES string of the molecule is CC(=O)Oc1cc(C)c(C=Cc2ccc3c(c2)NC(=O)CO3)c(C)c1. The third-order valence-corrected chi connectivity index (χ3v) is 3.91. The van der Waals surface area contributed by atoms with Crippen molar-refractivity contribution >= 4 is 29.7 Å². The Morgan fingerprint density at radius 3 is 2.56 bits per heavy atom. The second kappa shape index (κ2) is 6.81. The van der Waals surface area contributed by atoms with Crippen LogP contribution in [0.1, 0.15) is 29.2 Å².